The van der Waals surface area contributed by atoms with Crippen molar-refractivity contribution in [1.29, 1.82) is 0 Å². The van der Waals surface area contributed by atoms with Crippen LogP contribution in [0, 0.1) is 0 Å². The van der Waals surface area contributed by atoms with Crippen molar-refractivity contribution < 1.29 is 18.0 Å². The van der Waals surface area contributed by atoms with E-state index in [1.54, 1.807) is 43.3 Å². The van der Waals surface area contributed by atoms with Gasteiger partial charge < -0.3 is 10.2 Å². The first-order chi connectivity index (χ1) is 19.5. The Morgan fingerprint density at radius 2 is 1.54 bits per heavy atom. The molecule has 0 aromatic heterocycles. The molecule has 0 saturated carbocycles. The van der Waals surface area contributed by atoms with Crippen molar-refractivity contribution in [3.05, 3.63) is 92.4 Å². The number of anilines is 1. The first-order valence-electron chi connectivity index (χ1n) is 13.0. The van der Waals surface area contributed by atoms with Gasteiger partial charge in [-0.25, -0.2) is 8.42 Å². The minimum absolute atomic E-state index is 0.00897. The molecular formula is C29H31Cl4N3O4S. The number of hydrogen-bond donors (Lipinski definition) is 1. The van der Waals surface area contributed by atoms with E-state index in [-0.39, 0.29) is 33.1 Å². The van der Waals surface area contributed by atoms with Gasteiger partial charge in [0.05, 0.1) is 20.6 Å². The number of amides is 2. The van der Waals surface area contributed by atoms with Gasteiger partial charge in [0.2, 0.25) is 11.8 Å². The molecule has 3 rings (SSSR count). The maximum absolute atomic E-state index is 14.1. The van der Waals surface area contributed by atoms with Crippen LogP contribution >= 0.6 is 46.4 Å². The maximum Gasteiger partial charge on any atom is 0.264 e. The van der Waals surface area contributed by atoms with E-state index in [0.717, 1.165) is 17.1 Å². The predicted octanol–water partition coefficient (Wildman–Crippen LogP) is 7.22. The molecule has 41 heavy (non-hydrogen) atoms. The van der Waals surface area contributed by atoms with Gasteiger partial charge in [-0.3, -0.25) is 13.9 Å². The molecule has 1 N–H and O–H groups in total. The molecule has 3 aromatic carbocycles. The number of nitrogens with zero attached hydrogens (tertiary/aromatic N) is 2. The Morgan fingerprint density at radius 1 is 0.878 bits per heavy atom. The summed E-state index contributed by atoms with van der Waals surface area (Å²) in [6.07, 6.45) is 1.96. The third-order valence-electron chi connectivity index (χ3n) is 6.30. The van der Waals surface area contributed by atoms with Crippen molar-refractivity contribution in [1.82, 2.24) is 10.2 Å². The molecule has 12 heteroatoms. The largest absolute Gasteiger partial charge is 0.354 e. The molecule has 0 spiro atoms. The molecule has 1 unspecified atom stereocenters. The molecule has 0 heterocycles. The van der Waals surface area contributed by atoms with Crippen LogP contribution in [-0.2, 0) is 26.2 Å². The highest BCUT2D eigenvalue weighted by atomic mass is 35.5. The number of carbonyl (C=O) groups excluding carboxylic acids is 2. The third kappa shape index (κ3) is 8.75. The highest BCUT2D eigenvalue weighted by Gasteiger charge is 2.34. The van der Waals surface area contributed by atoms with Crippen LogP contribution in [-0.4, -0.2) is 44.3 Å². The van der Waals surface area contributed by atoms with Gasteiger partial charge in [0.15, 0.2) is 0 Å². The molecule has 0 aliphatic rings. The standard InChI is InChI=1S/C29H31Cl4N3O4S/c1-3-5-13-34-29(38)27(4-2)35(18-20-11-12-25(32)26(33)14-20)28(37)19-36(23-16-21(30)15-22(31)17-23)41(39,40)24-9-7-6-8-10-24/h6-12,14-17,27H,3-5,13,18-19H2,1-2H3,(H,34,38). The molecule has 7 nitrogen and oxygen atoms in total. The Hall–Kier alpha value is -2.49. The van der Waals surface area contributed by atoms with Gasteiger partial charge >= 0.3 is 0 Å². The highest BCUT2D eigenvalue weighted by Crippen LogP contribution is 2.30. The molecule has 0 bridgehead atoms. The van der Waals surface area contributed by atoms with Crippen molar-refractivity contribution in [3.63, 3.8) is 0 Å². The van der Waals surface area contributed by atoms with Gasteiger partial charge in [-0.1, -0.05) is 90.9 Å². The Labute approximate surface area is 261 Å². The monoisotopic (exact) mass is 657 g/mol. The van der Waals surface area contributed by atoms with Gasteiger partial charge in [-0.2, -0.15) is 0 Å². The minimum atomic E-state index is -4.24. The molecule has 0 aliphatic heterocycles. The number of nitrogens with one attached hydrogen (secondary N) is 1. The predicted molar refractivity (Wildman–Crippen MR) is 166 cm³/mol. The van der Waals surface area contributed by atoms with E-state index in [1.165, 1.54) is 35.2 Å². The summed E-state index contributed by atoms with van der Waals surface area (Å²) in [6.45, 7) is 3.62. The van der Waals surface area contributed by atoms with E-state index in [1.807, 2.05) is 6.92 Å². The Balaban J connectivity index is 2.07. The van der Waals surface area contributed by atoms with Crippen molar-refractivity contribution in [2.24, 2.45) is 0 Å². The molecule has 0 aliphatic carbocycles. The highest BCUT2D eigenvalue weighted by molar-refractivity contribution is 7.92. The zero-order valence-electron chi connectivity index (χ0n) is 22.6. The Kier molecular flexibility index (Phi) is 12.2. The minimum Gasteiger partial charge on any atom is -0.354 e. The SMILES string of the molecule is CCCCNC(=O)C(CC)N(Cc1ccc(Cl)c(Cl)c1)C(=O)CN(c1cc(Cl)cc(Cl)c1)S(=O)(=O)c1ccccc1. The van der Waals surface area contributed by atoms with Crippen LogP contribution < -0.4 is 9.62 Å². The summed E-state index contributed by atoms with van der Waals surface area (Å²) in [5.41, 5.74) is 0.727. The van der Waals surface area contributed by atoms with Crippen molar-refractivity contribution in [2.45, 2.75) is 50.6 Å². The van der Waals surface area contributed by atoms with E-state index in [4.69, 9.17) is 46.4 Å². The number of unbranched alkanes of at least 4 members (excludes halogenated alkanes) is 1. The molecule has 3 aromatic rings. The second-order valence-electron chi connectivity index (χ2n) is 9.29. The Bertz CT molecular complexity index is 1450. The molecule has 1 atom stereocenters. The Morgan fingerprint density at radius 3 is 2.12 bits per heavy atom. The average Bonchev–Trinajstić information content (AvgIpc) is 2.93. The topological polar surface area (TPSA) is 86.8 Å². The smallest absolute Gasteiger partial charge is 0.264 e. The summed E-state index contributed by atoms with van der Waals surface area (Å²) in [5, 5.41) is 3.91. The van der Waals surface area contributed by atoms with Crippen LogP contribution in [0.5, 0.6) is 0 Å². The molecular weight excluding hydrogens is 628 g/mol. The maximum atomic E-state index is 14.1. The summed E-state index contributed by atoms with van der Waals surface area (Å²) in [4.78, 5) is 28.7. The fraction of sp³-hybridized carbons (Fsp3) is 0.310. The number of rotatable bonds is 13. The van der Waals surface area contributed by atoms with Crippen molar-refractivity contribution >= 4 is 73.9 Å². The quantitative estimate of drug-likeness (QED) is 0.197. The average molecular weight is 659 g/mol. The fourth-order valence-electron chi connectivity index (χ4n) is 4.19. The van der Waals surface area contributed by atoms with Crippen molar-refractivity contribution in [2.75, 3.05) is 17.4 Å². The van der Waals surface area contributed by atoms with Crippen LogP contribution in [0.1, 0.15) is 38.7 Å². The van der Waals surface area contributed by atoms with Crippen LogP contribution in [0.15, 0.2) is 71.6 Å². The van der Waals surface area contributed by atoms with E-state index in [9.17, 15) is 18.0 Å². The summed E-state index contributed by atoms with van der Waals surface area (Å²) in [7, 11) is -4.24. The first-order valence-corrected chi connectivity index (χ1v) is 16.0. The van der Waals surface area contributed by atoms with Crippen molar-refractivity contribution in [3.8, 4) is 0 Å². The number of sulfonamides is 1. The van der Waals surface area contributed by atoms with Crippen LogP contribution in [0.2, 0.25) is 20.1 Å². The van der Waals surface area contributed by atoms with Crippen LogP contribution in [0.3, 0.4) is 0 Å². The van der Waals surface area contributed by atoms with Gasteiger partial charge in [0.1, 0.15) is 12.6 Å². The summed E-state index contributed by atoms with van der Waals surface area (Å²) >= 11 is 24.8. The first kappa shape index (κ1) is 33.0. The molecule has 0 fully saturated rings. The number of halogens is 4. The lowest BCUT2D eigenvalue weighted by molar-refractivity contribution is -0.140. The lowest BCUT2D eigenvalue weighted by Crippen LogP contribution is -2.52. The molecule has 2 amide bonds. The molecule has 220 valence electrons. The number of benzene rings is 3. The lowest BCUT2D eigenvalue weighted by atomic mass is 10.1. The summed E-state index contributed by atoms with van der Waals surface area (Å²) in [5.74, 6) is -0.943. The van der Waals surface area contributed by atoms with Gasteiger partial charge in [-0.15, -0.1) is 0 Å². The van der Waals surface area contributed by atoms with E-state index < -0.39 is 28.5 Å². The van der Waals surface area contributed by atoms with Gasteiger partial charge in [-0.05, 0) is 60.9 Å². The zero-order valence-corrected chi connectivity index (χ0v) is 26.5. The van der Waals surface area contributed by atoms with Gasteiger partial charge in [0, 0.05) is 23.1 Å². The third-order valence-corrected chi connectivity index (χ3v) is 9.26. The van der Waals surface area contributed by atoms with Crippen LogP contribution in [0.25, 0.3) is 0 Å². The summed E-state index contributed by atoms with van der Waals surface area (Å²) in [6, 6.07) is 16.1. The van der Waals surface area contributed by atoms with E-state index in [0.29, 0.717) is 28.6 Å². The zero-order chi connectivity index (χ0) is 30.2. The van der Waals surface area contributed by atoms with E-state index >= 15 is 0 Å². The second kappa shape index (κ2) is 15.1. The summed E-state index contributed by atoms with van der Waals surface area (Å²) < 4.78 is 28.7. The normalized spacial score (nSPS) is 12.0. The molecule has 0 radical (unpaired) electrons. The van der Waals surface area contributed by atoms with E-state index in [2.05, 4.69) is 5.32 Å². The van der Waals surface area contributed by atoms with Gasteiger partial charge in [0.25, 0.3) is 10.0 Å². The fourth-order valence-corrected chi connectivity index (χ4v) is 6.45. The number of hydrogen-bond acceptors (Lipinski definition) is 4. The van der Waals surface area contributed by atoms with Crippen LogP contribution in [0.4, 0.5) is 5.69 Å². The number of carbonyl (C=O) groups is 2. The molecule has 0 saturated heterocycles. The second-order valence-corrected chi connectivity index (χ2v) is 12.8. The lowest BCUT2D eigenvalue weighted by Gasteiger charge is -2.33.